The van der Waals surface area contributed by atoms with Crippen LogP contribution in [0.3, 0.4) is 0 Å². The molecule has 21 heavy (non-hydrogen) atoms. The minimum atomic E-state index is -0.827. The number of fused-ring (bicyclic) bond motifs is 1. The maximum Gasteiger partial charge on any atom is 0.314 e. The molecule has 0 fully saturated rings. The third-order valence-corrected chi connectivity index (χ3v) is 4.44. The average molecular weight is 284 g/mol. The molecule has 110 valence electrons. The quantitative estimate of drug-likeness (QED) is 0.939. The Morgan fingerprint density at radius 2 is 2.14 bits per heavy atom. The maximum atomic E-state index is 12.0. The Balaban J connectivity index is 1.98. The summed E-state index contributed by atoms with van der Waals surface area (Å²) in [4.78, 5) is 12.0. The molecule has 4 heteroatoms. The molecule has 0 saturated carbocycles. The number of aryl methyl sites for hydroxylation is 1. The predicted octanol–water partition coefficient (Wildman–Crippen LogP) is 2.98. The summed E-state index contributed by atoms with van der Waals surface area (Å²) >= 11 is 0. The number of carboxylic acids is 1. The fraction of sp³-hybridized carbons (Fsp3) is 0.412. The third-order valence-electron chi connectivity index (χ3n) is 4.44. The first-order valence-corrected chi connectivity index (χ1v) is 7.39. The van der Waals surface area contributed by atoms with E-state index in [9.17, 15) is 9.90 Å². The molecule has 3 rings (SSSR count). The minimum Gasteiger partial charge on any atom is -0.481 e. The van der Waals surface area contributed by atoms with Gasteiger partial charge in [-0.25, -0.2) is 0 Å². The van der Waals surface area contributed by atoms with Gasteiger partial charge in [0.2, 0.25) is 0 Å². The fourth-order valence-electron chi connectivity index (χ4n) is 3.24. The molecule has 1 heterocycles. The zero-order valence-corrected chi connectivity index (χ0v) is 12.4. The summed E-state index contributed by atoms with van der Waals surface area (Å²) in [6.07, 6.45) is 3.86. The van der Waals surface area contributed by atoms with Crippen LogP contribution < -0.4 is 0 Å². The van der Waals surface area contributed by atoms with Crippen LogP contribution in [0.15, 0.2) is 36.5 Å². The van der Waals surface area contributed by atoms with Crippen molar-refractivity contribution >= 4 is 5.97 Å². The lowest BCUT2D eigenvalue weighted by Gasteiger charge is -2.24. The molecular weight excluding hydrogens is 264 g/mol. The zero-order chi connectivity index (χ0) is 15.0. The van der Waals surface area contributed by atoms with Crippen LogP contribution in [0.5, 0.6) is 0 Å². The third kappa shape index (κ3) is 2.24. The standard InChI is InChI=1S/C17H20N2O2/c1-12(2)19-10-8-14(18-19)11-17(16(20)21)9-7-13-5-3-4-6-15(13)17/h3-6,8,10,12H,7,9,11H2,1-2H3,(H,20,21). The van der Waals surface area contributed by atoms with Crippen LogP contribution in [-0.2, 0) is 23.1 Å². The Morgan fingerprint density at radius 1 is 1.38 bits per heavy atom. The normalized spacial score (nSPS) is 20.7. The fourth-order valence-corrected chi connectivity index (χ4v) is 3.24. The molecule has 1 atom stereocenters. The highest BCUT2D eigenvalue weighted by Crippen LogP contribution is 2.41. The molecule has 1 aromatic heterocycles. The highest BCUT2D eigenvalue weighted by Gasteiger charge is 2.45. The molecule has 4 nitrogen and oxygen atoms in total. The number of aromatic nitrogens is 2. The van der Waals surface area contributed by atoms with Gasteiger partial charge in [0, 0.05) is 18.7 Å². The summed E-state index contributed by atoms with van der Waals surface area (Å²) < 4.78 is 1.88. The van der Waals surface area contributed by atoms with Gasteiger partial charge in [-0.2, -0.15) is 5.10 Å². The summed E-state index contributed by atoms with van der Waals surface area (Å²) in [6.45, 7) is 4.13. The van der Waals surface area contributed by atoms with E-state index in [1.807, 2.05) is 41.2 Å². The number of benzene rings is 1. The molecule has 1 N–H and O–H groups in total. The number of hydrogen-bond donors (Lipinski definition) is 1. The van der Waals surface area contributed by atoms with Gasteiger partial charge in [0.05, 0.1) is 11.1 Å². The van der Waals surface area contributed by atoms with Crippen molar-refractivity contribution in [3.63, 3.8) is 0 Å². The zero-order valence-electron chi connectivity index (χ0n) is 12.4. The molecule has 0 spiro atoms. The second-order valence-electron chi connectivity index (χ2n) is 6.10. The molecule has 0 bridgehead atoms. The average Bonchev–Trinajstić information content (AvgIpc) is 3.05. The van der Waals surface area contributed by atoms with Gasteiger partial charge in [-0.05, 0) is 43.9 Å². The number of nitrogens with zero attached hydrogens (tertiary/aromatic N) is 2. The summed E-state index contributed by atoms with van der Waals surface area (Å²) in [7, 11) is 0. The first kappa shape index (κ1) is 13.9. The highest BCUT2D eigenvalue weighted by molar-refractivity contribution is 5.83. The summed E-state index contributed by atoms with van der Waals surface area (Å²) in [5.74, 6) is -0.744. The van der Waals surface area contributed by atoms with Crippen LogP contribution in [0, 0.1) is 0 Å². The van der Waals surface area contributed by atoms with Crippen molar-refractivity contribution in [2.45, 2.75) is 44.6 Å². The Hall–Kier alpha value is -2.10. The molecule has 1 aromatic carbocycles. The van der Waals surface area contributed by atoms with Gasteiger partial charge in [-0.1, -0.05) is 24.3 Å². The van der Waals surface area contributed by atoms with E-state index in [4.69, 9.17) is 0 Å². The largest absolute Gasteiger partial charge is 0.481 e. The van der Waals surface area contributed by atoms with Crippen LogP contribution >= 0.6 is 0 Å². The van der Waals surface area contributed by atoms with Crippen molar-refractivity contribution in [2.24, 2.45) is 0 Å². The van der Waals surface area contributed by atoms with E-state index in [1.165, 1.54) is 0 Å². The van der Waals surface area contributed by atoms with Crippen LogP contribution in [0.1, 0.15) is 43.1 Å². The molecule has 0 amide bonds. The van der Waals surface area contributed by atoms with E-state index in [1.54, 1.807) is 0 Å². The topological polar surface area (TPSA) is 55.1 Å². The SMILES string of the molecule is CC(C)n1ccc(CC2(C(=O)O)CCc3ccccc32)n1. The summed E-state index contributed by atoms with van der Waals surface area (Å²) in [5.41, 5.74) is 2.13. The number of carboxylic acid groups (broad SMARTS) is 1. The van der Waals surface area contributed by atoms with Gasteiger partial charge < -0.3 is 5.11 Å². The number of aliphatic carboxylic acids is 1. The van der Waals surface area contributed by atoms with Gasteiger partial charge in [0.15, 0.2) is 0 Å². The first-order chi connectivity index (χ1) is 10.0. The van der Waals surface area contributed by atoms with E-state index in [-0.39, 0.29) is 6.04 Å². The lowest BCUT2D eigenvalue weighted by molar-refractivity contribution is -0.143. The van der Waals surface area contributed by atoms with Gasteiger partial charge in [-0.15, -0.1) is 0 Å². The second-order valence-corrected chi connectivity index (χ2v) is 6.10. The highest BCUT2D eigenvalue weighted by atomic mass is 16.4. The Morgan fingerprint density at radius 3 is 2.81 bits per heavy atom. The maximum absolute atomic E-state index is 12.0. The van der Waals surface area contributed by atoms with Crippen LogP contribution in [0.2, 0.25) is 0 Å². The molecule has 0 aliphatic heterocycles. The van der Waals surface area contributed by atoms with E-state index in [2.05, 4.69) is 18.9 Å². The molecule has 1 aliphatic rings. The van der Waals surface area contributed by atoms with Crippen LogP contribution in [-0.4, -0.2) is 20.9 Å². The van der Waals surface area contributed by atoms with Gasteiger partial charge in [0.1, 0.15) is 0 Å². The van der Waals surface area contributed by atoms with Gasteiger partial charge in [-0.3, -0.25) is 9.48 Å². The lowest BCUT2D eigenvalue weighted by atomic mass is 9.78. The van der Waals surface area contributed by atoms with E-state index in [0.29, 0.717) is 12.8 Å². The Bertz CT molecular complexity index is 675. The molecular formula is C17H20N2O2. The predicted molar refractivity (Wildman–Crippen MR) is 80.4 cm³/mol. The monoisotopic (exact) mass is 284 g/mol. The summed E-state index contributed by atoms with van der Waals surface area (Å²) in [6, 6.07) is 10.1. The van der Waals surface area contributed by atoms with Crippen molar-refractivity contribution < 1.29 is 9.90 Å². The minimum absolute atomic E-state index is 0.287. The molecule has 2 aromatic rings. The van der Waals surface area contributed by atoms with E-state index >= 15 is 0 Å². The summed E-state index contributed by atoms with van der Waals surface area (Å²) in [5, 5.41) is 14.4. The second kappa shape index (κ2) is 5.02. The van der Waals surface area contributed by atoms with Crippen molar-refractivity contribution in [3.05, 3.63) is 53.3 Å². The van der Waals surface area contributed by atoms with Crippen molar-refractivity contribution in [3.8, 4) is 0 Å². The lowest BCUT2D eigenvalue weighted by Crippen LogP contribution is -2.36. The number of hydrogen-bond acceptors (Lipinski definition) is 2. The van der Waals surface area contributed by atoms with Gasteiger partial charge in [0.25, 0.3) is 0 Å². The van der Waals surface area contributed by atoms with Crippen LogP contribution in [0.4, 0.5) is 0 Å². The molecule has 0 radical (unpaired) electrons. The van der Waals surface area contributed by atoms with E-state index in [0.717, 1.165) is 23.2 Å². The number of rotatable bonds is 4. The smallest absolute Gasteiger partial charge is 0.314 e. The number of carbonyl (C=O) groups is 1. The van der Waals surface area contributed by atoms with Crippen molar-refractivity contribution in [1.82, 2.24) is 9.78 Å². The molecule has 1 aliphatic carbocycles. The van der Waals surface area contributed by atoms with Crippen molar-refractivity contribution in [2.75, 3.05) is 0 Å². The molecule has 0 saturated heterocycles. The molecule has 1 unspecified atom stereocenters. The van der Waals surface area contributed by atoms with E-state index < -0.39 is 11.4 Å². The Labute approximate surface area is 124 Å². The van der Waals surface area contributed by atoms with Crippen LogP contribution in [0.25, 0.3) is 0 Å². The van der Waals surface area contributed by atoms with Crippen molar-refractivity contribution in [1.29, 1.82) is 0 Å². The first-order valence-electron chi connectivity index (χ1n) is 7.39. The Kier molecular flexibility index (Phi) is 3.32. The van der Waals surface area contributed by atoms with Gasteiger partial charge >= 0.3 is 5.97 Å².